The van der Waals surface area contributed by atoms with Crippen LogP contribution in [0.5, 0.6) is 0 Å². The fraction of sp³-hybridized carbons (Fsp3) is 0.833. The van der Waals surface area contributed by atoms with Crippen molar-refractivity contribution in [2.45, 2.75) is 32.7 Å². The Kier molecular flexibility index (Phi) is 4.14. The van der Waals surface area contributed by atoms with Crippen molar-refractivity contribution in [3.63, 3.8) is 0 Å². The molecule has 0 bridgehead atoms. The summed E-state index contributed by atoms with van der Waals surface area (Å²) in [7, 11) is 4.06. The van der Waals surface area contributed by atoms with E-state index in [1.807, 2.05) is 14.1 Å². The molecule has 1 saturated heterocycles. The van der Waals surface area contributed by atoms with Gasteiger partial charge in [0.25, 0.3) is 0 Å². The summed E-state index contributed by atoms with van der Waals surface area (Å²) in [6.45, 7) is 4.24. The molecule has 0 atom stereocenters. The van der Waals surface area contributed by atoms with Crippen molar-refractivity contribution >= 4 is 11.9 Å². The van der Waals surface area contributed by atoms with Gasteiger partial charge in [0.15, 0.2) is 0 Å². The Morgan fingerprint density at radius 3 is 2.06 bits per heavy atom. The van der Waals surface area contributed by atoms with Crippen LogP contribution in [0, 0.1) is 5.41 Å². The largest absolute Gasteiger partial charge is 0.480 e. The minimum absolute atomic E-state index is 0.276. The number of amides is 1. The Bertz CT molecular complexity index is 305. The number of carbonyl (C=O) groups is 2. The zero-order chi connectivity index (χ0) is 13.2. The van der Waals surface area contributed by atoms with E-state index >= 15 is 0 Å². The molecule has 0 aromatic heterocycles. The highest BCUT2D eigenvalue weighted by atomic mass is 16.4. The fourth-order valence-corrected chi connectivity index (χ4v) is 2.07. The minimum Gasteiger partial charge on any atom is -0.480 e. The van der Waals surface area contributed by atoms with Gasteiger partial charge in [0.1, 0.15) is 5.41 Å². The topological polar surface area (TPSA) is 60.9 Å². The molecule has 5 heteroatoms. The van der Waals surface area contributed by atoms with Crippen molar-refractivity contribution < 1.29 is 14.7 Å². The van der Waals surface area contributed by atoms with Crippen molar-refractivity contribution in [3.05, 3.63) is 0 Å². The van der Waals surface area contributed by atoms with Crippen molar-refractivity contribution in [1.82, 2.24) is 9.80 Å². The molecule has 1 heterocycles. The van der Waals surface area contributed by atoms with Crippen LogP contribution in [-0.2, 0) is 9.59 Å². The number of carboxylic acid groups (broad SMARTS) is 1. The van der Waals surface area contributed by atoms with Gasteiger partial charge >= 0.3 is 5.97 Å². The summed E-state index contributed by atoms with van der Waals surface area (Å²) in [6.07, 6.45) is 1.82. The molecule has 5 nitrogen and oxygen atoms in total. The van der Waals surface area contributed by atoms with Crippen LogP contribution in [-0.4, -0.2) is 60.0 Å². The number of likely N-dealkylation sites (tertiary alicyclic amines) is 1. The Morgan fingerprint density at radius 2 is 1.71 bits per heavy atom. The molecule has 0 saturated carbocycles. The first-order chi connectivity index (χ1) is 7.76. The van der Waals surface area contributed by atoms with Gasteiger partial charge in [-0.05, 0) is 40.8 Å². The molecular formula is C12H22N2O3. The maximum Gasteiger partial charge on any atom is 0.318 e. The molecule has 1 N–H and O–H groups in total. The lowest BCUT2D eigenvalue weighted by molar-refractivity contribution is -0.158. The van der Waals surface area contributed by atoms with Gasteiger partial charge in [0.05, 0.1) is 0 Å². The fourth-order valence-electron chi connectivity index (χ4n) is 2.07. The molecule has 0 radical (unpaired) electrons. The van der Waals surface area contributed by atoms with E-state index in [0.717, 1.165) is 12.8 Å². The van der Waals surface area contributed by atoms with E-state index in [-0.39, 0.29) is 5.91 Å². The Hall–Kier alpha value is -1.10. The zero-order valence-electron chi connectivity index (χ0n) is 11.1. The number of rotatable bonds is 3. The molecule has 0 unspecified atom stereocenters. The first-order valence-corrected chi connectivity index (χ1v) is 5.96. The smallest absolute Gasteiger partial charge is 0.318 e. The van der Waals surface area contributed by atoms with Crippen molar-refractivity contribution in [1.29, 1.82) is 0 Å². The van der Waals surface area contributed by atoms with Crippen LogP contribution in [0.1, 0.15) is 26.7 Å². The molecule has 0 aromatic rings. The second kappa shape index (κ2) is 5.04. The van der Waals surface area contributed by atoms with Gasteiger partial charge in [0, 0.05) is 19.1 Å². The van der Waals surface area contributed by atoms with Crippen LogP contribution in [0.3, 0.4) is 0 Å². The van der Waals surface area contributed by atoms with Gasteiger partial charge < -0.3 is 14.9 Å². The summed E-state index contributed by atoms with van der Waals surface area (Å²) in [5.74, 6) is -1.33. The number of carboxylic acids is 1. The summed E-state index contributed by atoms with van der Waals surface area (Å²) in [4.78, 5) is 26.9. The second-order valence-corrected chi connectivity index (χ2v) is 5.42. The van der Waals surface area contributed by atoms with Crippen molar-refractivity contribution in [3.8, 4) is 0 Å². The van der Waals surface area contributed by atoms with E-state index in [4.69, 9.17) is 5.11 Å². The third-order valence-corrected chi connectivity index (χ3v) is 3.55. The quantitative estimate of drug-likeness (QED) is 0.738. The zero-order valence-corrected chi connectivity index (χ0v) is 11.1. The van der Waals surface area contributed by atoms with Crippen molar-refractivity contribution in [2.24, 2.45) is 5.41 Å². The van der Waals surface area contributed by atoms with Crippen LogP contribution in [0.25, 0.3) is 0 Å². The number of aliphatic carboxylic acids is 1. The summed E-state index contributed by atoms with van der Waals surface area (Å²) >= 11 is 0. The van der Waals surface area contributed by atoms with Gasteiger partial charge in [0.2, 0.25) is 5.91 Å². The highest BCUT2D eigenvalue weighted by Gasteiger charge is 2.40. The van der Waals surface area contributed by atoms with Gasteiger partial charge in [-0.3, -0.25) is 9.59 Å². The molecule has 1 fully saturated rings. The first-order valence-electron chi connectivity index (χ1n) is 5.96. The van der Waals surface area contributed by atoms with E-state index in [1.165, 1.54) is 13.8 Å². The maximum absolute atomic E-state index is 12.1. The standard InChI is InChI=1S/C12H22N2O3/c1-12(2,11(16)17)10(15)14-7-5-9(6-8-14)13(3)4/h9H,5-8H2,1-4H3,(H,16,17). The van der Waals surface area contributed by atoms with Gasteiger partial charge in [-0.15, -0.1) is 0 Å². The molecule has 0 spiro atoms. The third-order valence-electron chi connectivity index (χ3n) is 3.55. The van der Waals surface area contributed by atoms with E-state index in [1.54, 1.807) is 4.90 Å². The molecule has 1 aliphatic heterocycles. The van der Waals surface area contributed by atoms with E-state index in [9.17, 15) is 9.59 Å². The summed E-state index contributed by atoms with van der Waals surface area (Å²) in [6, 6.07) is 0.493. The second-order valence-electron chi connectivity index (χ2n) is 5.42. The monoisotopic (exact) mass is 242 g/mol. The first kappa shape index (κ1) is 14.0. The Balaban J connectivity index is 2.60. The summed E-state index contributed by atoms with van der Waals surface area (Å²) in [5.41, 5.74) is -1.31. The summed E-state index contributed by atoms with van der Waals surface area (Å²) in [5, 5.41) is 9.03. The van der Waals surface area contributed by atoms with Crippen LogP contribution in [0.15, 0.2) is 0 Å². The number of hydrogen-bond donors (Lipinski definition) is 1. The van der Waals surface area contributed by atoms with Gasteiger partial charge in [-0.1, -0.05) is 0 Å². The van der Waals surface area contributed by atoms with E-state index < -0.39 is 11.4 Å². The Labute approximate surface area is 102 Å². The van der Waals surface area contributed by atoms with Crippen LogP contribution >= 0.6 is 0 Å². The number of carbonyl (C=O) groups excluding carboxylic acids is 1. The molecular weight excluding hydrogens is 220 g/mol. The van der Waals surface area contributed by atoms with Gasteiger partial charge in [-0.2, -0.15) is 0 Å². The molecule has 98 valence electrons. The Morgan fingerprint density at radius 1 is 1.24 bits per heavy atom. The normalized spacial score (nSPS) is 18.5. The highest BCUT2D eigenvalue weighted by Crippen LogP contribution is 2.23. The van der Waals surface area contributed by atoms with E-state index in [0.29, 0.717) is 19.1 Å². The predicted molar refractivity (Wildman–Crippen MR) is 64.7 cm³/mol. The maximum atomic E-state index is 12.1. The van der Waals surface area contributed by atoms with Crippen molar-refractivity contribution in [2.75, 3.05) is 27.2 Å². The SMILES string of the molecule is CN(C)C1CCN(C(=O)C(C)(C)C(=O)O)CC1. The van der Waals surface area contributed by atoms with Crippen LogP contribution < -0.4 is 0 Å². The average Bonchev–Trinajstić information content (AvgIpc) is 2.27. The highest BCUT2D eigenvalue weighted by molar-refractivity contribution is 6.01. The number of piperidine rings is 1. The minimum atomic E-state index is -1.31. The molecule has 0 aromatic carbocycles. The molecule has 17 heavy (non-hydrogen) atoms. The van der Waals surface area contributed by atoms with E-state index in [2.05, 4.69) is 4.90 Å². The molecule has 1 amide bonds. The lowest BCUT2D eigenvalue weighted by Crippen LogP contribution is -2.50. The van der Waals surface area contributed by atoms with Crippen LogP contribution in [0.4, 0.5) is 0 Å². The molecule has 1 rings (SSSR count). The average molecular weight is 242 g/mol. The third kappa shape index (κ3) is 2.97. The summed E-state index contributed by atoms with van der Waals surface area (Å²) < 4.78 is 0. The number of hydrogen-bond acceptors (Lipinski definition) is 3. The van der Waals surface area contributed by atoms with Gasteiger partial charge in [-0.25, -0.2) is 0 Å². The number of nitrogens with zero attached hydrogens (tertiary/aromatic N) is 2. The predicted octanol–water partition coefficient (Wildman–Crippen LogP) is 0.650. The molecule has 1 aliphatic rings. The lowest BCUT2D eigenvalue weighted by atomic mass is 9.90. The van der Waals surface area contributed by atoms with Crippen LogP contribution in [0.2, 0.25) is 0 Å². The molecule has 0 aliphatic carbocycles. The lowest BCUT2D eigenvalue weighted by Gasteiger charge is -2.37.